The molecule has 5 rings (SSSR count). The highest BCUT2D eigenvalue weighted by Crippen LogP contribution is 2.55. The van der Waals surface area contributed by atoms with Gasteiger partial charge in [0.1, 0.15) is 17.1 Å². The number of aliphatic hydroxyl groups is 3. The van der Waals surface area contributed by atoms with Crippen LogP contribution in [0.3, 0.4) is 0 Å². The lowest BCUT2D eigenvalue weighted by Crippen LogP contribution is -2.55. The Balaban J connectivity index is 1.72. The highest BCUT2D eigenvalue weighted by molar-refractivity contribution is 6.08. The van der Waals surface area contributed by atoms with Crippen molar-refractivity contribution in [2.75, 3.05) is 14.2 Å². The van der Waals surface area contributed by atoms with Crippen molar-refractivity contribution in [1.29, 1.82) is 0 Å². The van der Waals surface area contributed by atoms with Crippen molar-refractivity contribution in [1.82, 2.24) is 10.3 Å². The average Bonchev–Trinajstić information content (AvgIpc) is 2.87. The van der Waals surface area contributed by atoms with Crippen molar-refractivity contribution in [3.8, 4) is 17.0 Å². The van der Waals surface area contributed by atoms with Crippen LogP contribution in [-0.4, -0.2) is 61.8 Å². The third-order valence-electron chi connectivity index (χ3n) is 7.96. The molecule has 2 aromatic rings. The van der Waals surface area contributed by atoms with Crippen LogP contribution in [0.25, 0.3) is 17.0 Å². The molecule has 3 aliphatic rings. The van der Waals surface area contributed by atoms with Gasteiger partial charge in [-0.1, -0.05) is 6.07 Å². The molecule has 38 heavy (non-hydrogen) atoms. The van der Waals surface area contributed by atoms with Gasteiger partial charge in [-0.3, -0.25) is 14.6 Å². The molecule has 1 amide bonds. The molecule has 0 saturated heterocycles. The first-order chi connectivity index (χ1) is 18.0. The Kier molecular flexibility index (Phi) is 5.98. The summed E-state index contributed by atoms with van der Waals surface area (Å²) < 4.78 is 0. The number of rotatable bonds is 4. The lowest BCUT2D eigenvalue weighted by atomic mass is 9.57. The number of carbonyl (C=O) groups is 2. The van der Waals surface area contributed by atoms with E-state index in [9.17, 15) is 34.9 Å². The zero-order valence-electron chi connectivity index (χ0n) is 21.1. The molecule has 1 aromatic carbocycles. The van der Waals surface area contributed by atoms with Crippen LogP contribution in [0.5, 0.6) is 5.75 Å². The smallest absolute Gasteiger partial charge is 0.359 e. The number of amides is 1. The lowest BCUT2D eigenvalue weighted by molar-refractivity contribution is -0.736. The predicted octanol–water partition coefficient (Wildman–Crippen LogP) is 2.79. The van der Waals surface area contributed by atoms with Crippen LogP contribution in [0.4, 0.5) is 5.69 Å². The maximum atomic E-state index is 13.9. The molecule has 0 bridgehead atoms. The third kappa shape index (κ3) is 3.57. The molecule has 1 heterocycles. The number of aromatic hydroxyl groups is 1. The summed E-state index contributed by atoms with van der Waals surface area (Å²) in [4.78, 5) is 48.1. The second kappa shape index (κ2) is 8.95. The van der Waals surface area contributed by atoms with E-state index >= 15 is 0 Å². The Labute approximate surface area is 217 Å². The van der Waals surface area contributed by atoms with Gasteiger partial charge in [0.25, 0.3) is 10.8 Å². The standard InChI is InChI=1S/C27H27N3O8/c1-27(36)21-13(10-18(31)22(27)26(35)28-2)8-12-9-15-14(16-6-4-5-7-29-16)11-17(30(37)38-3)23(32)20(15)24(33)19(12)25(21)34/h4-7,11-13,21,36H,8-10H2,1-3H3,(H3-,28,29,31,32,33,34,35,37)/p+1. The Bertz CT molecular complexity index is 1440. The number of nitrogens with one attached hydrogen (secondary N) is 1. The molecule has 4 atom stereocenters. The van der Waals surface area contributed by atoms with Gasteiger partial charge in [-0.2, -0.15) is 0 Å². The number of phenols is 1. The number of allylic oxidation sites excluding steroid dienone is 2. The van der Waals surface area contributed by atoms with Gasteiger partial charge in [0.2, 0.25) is 5.75 Å². The number of nitrogens with zero attached hydrogens (tertiary/aromatic N) is 2. The van der Waals surface area contributed by atoms with E-state index in [0.717, 1.165) is 7.11 Å². The topological polar surface area (TPSA) is 169 Å². The van der Waals surface area contributed by atoms with E-state index in [1.165, 1.54) is 20.0 Å². The maximum Gasteiger partial charge on any atom is 0.359 e. The van der Waals surface area contributed by atoms with Gasteiger partial charge in [-0.25, -0.2) is 4.84 Å². The van der Waals surface area contributed by atoms with E-state index in [2.05, 4.69) is 10.3 Å². The van der Waals surface area contributed by atoms with Crippen LogP contribution in [0.1, 0.15) is 30.9 Å². The number of fused-ring (bicyclic) bond motifs is 3. The summed E-state index contributed by atoms with van der Waals surface area (Å²) in [6.45, 7) is 1.31. The van der Waals surface area contributed by atoms with Crippen LogP contribution in [0, 0.1) is 22.7 Å². The number of benzene rings is 1. The summed E-state index contributed by atoms with van der Waals surface area (Å²) in [5.41, 5.74) is -1.18. The first-order valence-electron chi connectivity index (χ1n) is 12.2. The molecular formula is C27H28N3O8+. The number of pyridine rings is 1. The Morgan fingerprint density at radius 2 is 1.97 bits per heavy atom. The fourth-order valence-electron chi connectivity index (χ4n) is 6.43. The summed E-state index contributed by atoms with van der Waals surface area (Å²) >= 11 is 0. The van der Waals surface area contributed by atoms with Crippen molar-refractivity contribution in [3.63, 3.8) is 0 Å². The van der Waals surface area contributed by atoms with Gasteiger partial charge in [-0.15, -0.1) is 0 Å². The normalized spacial score (nSPS) is 26.3. The molecule has 1 fully saturated rings. The number of phenolic OH excluding ortho intramolecular Hbond substituents is 1. The predicted molar refractivity (Wildman–Crippen MR) is 134 cm³/mol. The molecule has 0 spiro atoms. The van der Waals surface area contributed by atoms with Crippen molar-refractivity contribution in [2.45, 2.75) is 31.8 Å². The number of ketones is 1. The first kappa shape index (κ1) is 25.4. The van der Waals surface area contributed by atoms with Crippen LogP contribution in [-0.2, 0) is 20.8 Å². The molecule has 0 radical (unpaired) electrons. The van der Waals surface area contributed by atoms with Gasteiger partial charge in [-0.05, 0) is 49.3 Å². The second-order valence-electron chi connectivity index (χ2n) is 10.1. The molecule has 0 aliphatic heterocycles. The van der Waals surface area contributed by atoms with Gasteiger partial charge in [0.05, 0.1) is 27.7 Å². The summed E-state index contributed by atoms with van der Waals surface area (Å²) in [5.74, 6) is -4.73. The SMILES string of the molecule is CNC(=O)C1=C(O)CC2CC3Cc4c(-c5ccccn5)cc([N+](=O)OC)c(O)c4C(O)=C3C(=O)C2C1(C)O. The van der Waals surface area contributed by atoms with E-state index in [1.54, 1.807) is 24.4 Å². The Hall–Kier alpha value is -4.25. The van der Waals surface area contributed by atoms with E-state index in [-0.39, 0.29) is 45.9 Å². The second-order valence-corrected chi connectivity index (χ2v) is 10.1. The minimum absolute atomic E-state index is 0.00552. The number of carbonyl (C=O) groups excluding carboxylic acids is 2. The number of hydrogen-bond donors (Lipinski definition) is 5. The minimum Gasteiger partial charge on any atom is -0.512 e. The largest absolute Gasteiger partial charge is 0.512 e. The van der Waals surface area contributed by atoms with Crippen LogP contribution >= 0.6 is 0 Å². The zero-order valence-corrected chi connectivity index (χ0v) is 21.1. The molecule has 1 saturated carbocycles. The van der Waals surface area contributed by atoms with Crippen molar-refractivity contribution >= 4 is 23.1 Å². The number of Topliss-reactive ketones (excluding diaryl/α,β-unsaturated/α-hetero) is 1. The van der Waals surface area contributed by atoms with E-state index in [4.69, 9.17) is 4.84 Å². The summed E-state index contributed by atoms with van der Waals surface area (Å²) in [6, 6.07) is 6.63. The highest BCUT2D eigenvalue weighted by Gasteiger charge is 2.57. The number of aromatic nitrogens is 1. The number of aliphatic hydroxyl groups excluding tert-OH is 2. The molecule has 11 heteroatoms. The molecular weight excluding hydrogens is 494 g/mol. The van der Waals surface area contributed by atoms with E-state index < -0.39 is 46.6 Å². The Morgan fingerprint density at radius 1 is 1.24 bits per heavy atom. The molecule has 3 aliphatic carbocycles. The van der Waals surface area contributed by atoms with E-state index in [0.29, 0.717) is 23.2 Å². The average molecular weight is 523 g/mol. The van der Waals surface area contributed by atoms with Crippen LogP contribution < -0.4 is 5.32 Å². The summed E-state index contributed by atoms with van der Waals surface area (Å²) in [7, 11) is 2.48. The van der Waals surface area contributed by atoms with Gasteiger partial charge in [0.15, 0.2) is 12.9 Å². The minimum atomic E-state index is -2.01. The lowest BCUT2D eigenvalue weighted by Gasteiger charge is -2.48. The molecule has 1 aromatic heterocycles. The molecule has 198 valence electrons. The molecule has 4 unspecified atom stereocenters. The van der Waals surface area contributed by atoms with Crippen molar-refractivity contribution in [2.24, 2.45) is 17.8 Å². The summed E-state index contributed by atoms with van der Waals surface area (Å²) in [5, 5.41) is 47.0. The third-order valence-corrected chi connectivity index (χ3v) is 7.96. The van der Waals surface area contributed by atoms with Gasteiger partial charge < -0.3 is 25.7 Å². The van der Waals surface area contributed by atoms with Crippen LogP contribution in [0.15, 0.2) is 47.4 Å². The Morgan fingerprint density at radius 3 is 2.61 bits per heavy atom. The van der Waals surface area contributed by atoms with Crippen molar-refractivity contribution in [3.05, 3.63) is 63.4 Å². The summed E-state index contributed by atoms with van der Waals surface area (Å²) in [6.07, 6.45) is 2.14. The van der Waals surface area contributed by atoms with Crippen LogP contribution in [0.2, 0.25) is 0 Å². The van der Waals surface area contributed by atoms with Gasteiger partial charge in [0, 0.05) is 36.9 Å². The van der Waals surface area contributed by atoms with E-state index in [1.807, 2.05) is 0 Å². The van der Waals surface area contributed by atoms with Crippen molar-refractivity contribution < 1.29 is 39.8 Å². The number of likely N-dealkylation sites (N-methyl/N-ethyl adjacent to an activating group) is 1. The fourth-order valence-corrected chi connectivity index (χ4v) is 6.43. The number of hydrogen-bond acceptors (Lipinski definition) is 9. The quantitative estimate of drug-likeness (QED) is 0.379. The molecule has 5 N–H and O–H groups in total. The zero-order chi connectivity index (χ0) is 27.5. The highest BCUT2D eigenvalue weighted by atomic mass is 16.8. The first-order valence-corrected chi connectivity index (χ1v) is 12.2. The fraction of sp³-hybridized carbons (Fsp3) is 0.370. The monoisotopic (exact) mass is 522 g/mol. The molecule has 11 nitrogen and oxygen atoms in total. The van der Waals surface area contributed by atoms with Gasteiger partial charge >= 0.3 is 5.69 Å². The maximum absolute atomic E-state index is 13.9.